The molecule has 4 heteroatoms. The van der Waals surface area contributed by atoms with Gasteiger partial charge in [-0.25, -0.2) is 0 Å². The molecule has 0 amide bonds. The zero-order valence-electron chi connectivity index (χ0n) is 16.6. The van der Waals surface area contributed by atoms with Gasteiger partial charge < -0.3 is 22.0 Å². The van der Waals surface area contributed by atoms with Crippen molar-refractivity contribution in [2.45, 2.75) is 63.2 Å². The standard InChI is InChI=1S/C24H30NO2.Y/c1-2-17-7-5-8-18(15-17)16-22-24(27)13-14-25(22)21-11-6-10-20-19(21)9-3-4-12-23(20)26;/h5-8,10-11,15,22-24,26-27H,1-4,9,12-14,16H2;/q-1;. The summed E-state index contributed by atoms with van der Waals surface area (Å²) >= 11 is 0. The molecule has 2 aromatic rings. The van der Waals surface area contributed by atoms with E-state index < -0.39 is 0 Å². The number of benzene rings is 2. The van der Waals surface area contributed by atoms with Crippen LogP contribution in [0.15, 0.2) is 42.5 Å². The van der Waals surface area contributed by atoms with Gasteiger partial charge in [0.05, 0.1) is 18.2 Å². The number of hydrogen-bond donors (Lipinski definition) is 2. The van der Waals surface area contributed by atoms with Gasteiger partial charge in [-0.2, -0.15) is 6.42 Å². The van der Waals surface area contributed by atoms with Gasteiger partial charge in [0.1, 0.15) is 0 Å². The van der Waals surface area contributed by atoms with Crippen LogP contribution in [0.4, 0.5) is 5.69 Å². The van der Waals surface area contributed by atoms with E-state index in [1.807, 2.05) is 0 Å². The first kappa shape index (κ1) is 22.0. The summed E-state index contributed by atoms with van der Waals surface area (Å²) in [7, 11) is 0. The Morgan fingerprint density at radius 3 is 2.61 bits per heavy atom. The van der Waals surface area contributed by atoms with Gasteiger partial charge in [-0.05, 0) is 54.9 Å². The first-order valence-corrected chi connectivity index (χ1v) is 10.3. The van der Waals surface area contributed by atoms with E-state index in [1.165, 1.54) is 22.4 Å². The Labute approximate surface area is 194 Å². The van der Waals surface area contributed by atoms with Crippen LogP contribution < -0.4 is 4.90 Å². The van der Waals surface area contributed by atoms with Crippen molar-refractivity contribution in [1.82, 2.24) is 0 Å². The van der Waals surface area contributed by atoms with Crippen LogP contribution >= 0.6 is 0 Å². The molecule has 1 aliphatic heterocycles. The molecule has 2 aromatic carbocycles. The van der Waals surface area contributed by atoms with E-state index in [1.54, 1.807) is 0 Å². The fraction of sp³-hybridized carbons (Fsp3) is 0.458. The van der Waals surface area contributed by atoms with Crippen molar-refractivity contribution >= 4 is 5.69 Å². The van der Waals surface area contributed by atoms with E-state index in [9.17, 15) is 10.2 Å². The molecule has 0 saturated carbocycles. The van der Waals surface area contributed by atoms with Gasteiger partial charge in [-0.1, -0.05) is 48.4 Å². The van der Waals surface area contributed by atoms with Crippen molar-refractivity contribution in [3.63, 3.8) is 0 Å². The van der Waals surface area contributed by atoms with Gasteiger partial charge in [0.25, 0.3) is 0 Å². The number of anilines is 1. The fourth-order valence-corrected chi connectivity index (χ4v) is 4.78. The Morgan fingerprint density at radius 1 is 1.00 bits per heavy atom. The third-order valence-electron chi connectivity index (χ3n) is 6.25. The minimum absolute atomic E-state index is 0. The maximum absolute atomic E-state index is 10.7. The van der Waals surface area contributed by atoms with Crippen LogP contribution in [0.1, 0.15) is 54.0 Å². The molecule has 2 aliphatic rings. The Balaban J connectivity index is 0.00000225. The largest absolute Gasteiger partial charge is 0.391 e. The second-order valence-electron chi connectivity index (χ2n) is 8.00. The average molecular weight is 453 g/mol. The van der Waals surface area contributed by atoms with E-state index in [0.717, 1.165) is 57.1 Å². The van der Waals surface area contributed by atoms with E-state index in [2.05, 4.69) is 54.3 Å². The first-order valence-electron chi connectivity index (χ1n) is 10.3. The molecule has 1 aliphatic carbocycles. The molecule has 3 unspecified atom stereocenters. The SMILES string of the molecule is [CH2-]Cc1cccc(CC2C(O)CCN2c2cccc3c2CCCCC3O)c1.[Y]. The van der Waals surface area contributed by atoms with Crippen molar-refractivity contribution in [3.05, 3.63) is 71.6 Å². The molecule has 1 radical (unpaired) electrons. The van der Waals surface area contributed by atoms with Crippen LogP contribution in [-0.2, 0) is 52.0 Å². The summed E-state index contributed by atoms with van der Waals surface area (Å²) in [5.74, 6) is 0. The smallest absolute Gasteiger partial charge is 0.0793 e. The number of aliphatic hydroxyl groups excluding tert-OH is 2. The Bertz CT molecular complexity index is 794. The molecule has 3 nitrogen and oxygen atoms in total. The minimum Gasteiger partial charge on any atom is -0.391 e. The van der Waals surface area contributed by atoms with Crippen molar-refractivity contribution in [3.8, 4) is 0 Å². The minimum atomic E-state index is -0.359. The van der Waals surface area contributed by atoms with Crippen molar-refractivity contribution in [2.24, 2.45) is 0 Å². The van der Waals surface area contributed by atoms with Gasteiger partial charge in [0.15, 0.2) is 0 Å². The maximum atomic E-state index is 10.7. The predicted molar refractivity (Wildman–Crippen MR) is 110 cm³/mol. The summed E-state index contributed by atoms with van der Waals surface area (Å²) in [5, 5.41) is 21.3. The van der Waals surface area contributed by atoms with Gasteiger partial charge in [-0.15, -0.1) is 0 Å². The molecular formula is C24H30NO2Y-. The van der Waals surface area contributed by atoms with E-state index >= 15 is 0 Å². The Morgan fingerprint density at radius 2 is 1.79 bits per heavy atom. The summed E-state index contributed by atoms with van der Waals surface area (Å²) in [6.45, 7) is 4.86. The van der Waals surface area contributed by atoms with E-state index in [0.29, 0.717) is 0 Å². The number of fused-ring (bicyclic) bond motifs is 1. The molecule has 2 N–H and O–H groups in total. The van der Waals surface area contributed by atoms with Gasteiger partial charge in [-0.3, -0.25) is 0 Å². The maximum Gasteiger partial charge on any atom is 0.0793 e. The summed E-state index contributed by atoms with van der Waals surface area (Å²) in [4.78, 5) is 2.39. The van der Waals surface area contributed by atoms with Crippen LogP contribution in [0.5, 0.6) is 0 Å². The van der Waals surface area contributed by atoms with Gasteiger partial charge in [0.2, 0.25) is 0 Å². The second-order valence-corrected chi connectivity index (χ2v) is 8.00. The van der Waals surface area contributed by atoms with Crippen molar-refractivity contribution in [2.75, 3.05) is 11.4 Å². The van der Waals surface area contributed by atoms with Crippen molar-refractivity contribution in [1.29, 1.82) is 0 Å². The summed E-state index contributed by atoms with van der Waals surface area (Å²) in [6, 6.07) is 15.0. The van der Waals surface area contributed by atoms with Crippen LogP contribution in [0, 0.1) is 6.92 Å². The first-order chi connectivity index (χ1) is 13.2. The number of hydrogen-bond acceptors (Lipinski definition) is 3. The summed E-state index contributed by atoms with van der Waals surface area (Å²) in [5.41, 5.74) is 6.08. The van der Waals surface area contributed by atoms with Crippen LogP contribution in [0.25, 0.3) is 0 Å². The molecule has 1 heterocycles. The Kier molecular flexibility index (Phi) is 7.72. The fourth-order valence-electron chi connectivity index (χ4n) is 4.78. The zero-order chi connectivity index (χ0) is 18.8. The molecule has 0 bridgehead atoms. The molecule has 147 valence electrons. The van der Waals surface area contributed by atoms with E-state index in [4.69, 9.17) is 0 Å². The molecule has 3 atom stereocenters. The van der Waals surface area contributed by atoms with Crippen LogP contribution in [0.2, 0.25) is 0 Å². The molecule has 1 saturated heterocycles. The van der Waals surface area contributed by atoms with Gasteiger partial charge in [0, 0.05) is 44.9 Å². The second kappa shape index (κ2) is 9.85. The molecule has 1 fully saturated rings. The van der Waals surface area contributed by atoms with Crippen LogP contribution in [0.3, 0.4) is 0 Å². The summed E-state index contributed by atoms with van der Waals surface area (Å²) in [6.07, 6.45) is 5.79. The molecular weight excluding hydrogens is 423 g/mol. The number of rotatable bonds is 4. The third-order valence-corrected chi connectivity index (χ3v) is 6.25. The number of nitrogens with zero attached hydrogens (tertiary/aromatic N) is 1. The van der Waals surface area contributed by atoms with E-state index in [-0.39, 0.29) is 51.0 Å². The summed E-state index contributed by atoms with van der Waals surface area (Å²) < 4.78 is 0. The average Bonchev–Trinajstić information content (AvgIpc) is 2.93. The molecule has 4 rings (SSSR count). The quantitative estimate of drug-likeness (QED) is 0.544. The zero-order valence-corrected chi connectivity index (χ0v) is 19.4. The molecule has 28 heavy (non-hydrogen) atoms. The monoisotopic (exact) mass is 453 g/mol. The predicted octanol–water partition coefficient (Wildman–Crippen LogP) is 4.00. The van der Waals surface area contributed by atoms with Gasteiger partial charge >= 0.3 is 0 Å². The van der Waals surface area contributed by atoms with Crippen molar-refractivity contribution < 1.29 is 42.9 Å². The van der Waals surface area contributed by atoms with Crippen LogP contribution in [-0.4, -0.2) is 28.9 Å². The Hall–Kier alpha value is -0.736. The molecule has 0 spiro atoms. The number of aliphatic hydroxyl groups is 2. The topological polar surface area (TPSA) is 43.7 Å². The third kappa shape index (κ3) is 4.54. The molecule has 0 aromatic heterocycles. The normalized spacial score (nSPS) is 24.4.